The fourth-order valence-electron chi connectivity index (χ4n) is 3.07. The third-order valence-electron chi connectivity index (χ3n) is 4.48. The van der Waals surface area contributed by atoms with Crippen LogP contribution in [-0.4, -0.2) is 43.0 Å². The molecule has 3 amide bonds. The van der Waals surface area contributed by atoms with Gasteiger partial charge in [-0.1, -0.05) is 41.9 Å². The van der Waals surface area contributed by atoms with Gasteiger partial charge in [-0.3, -0.25) is 9.69 Å². The van der Waals surface area contributed by atoms with Crippen LogP contribution in [0.4, 0.5) is 10.5 Å². The molecule has 8 heteroatoms. The van der Waals surface area contributed by atoms with Gasteiger partial charge in [-0.15, -0.1) is 12.4 Å². The SMILES string of the molecule is Cl.NCCCN(Cc1ccccc1)C(=O)c1ccc(Cl)c(N2CCNC2=O)c1. The molecule has 2 aromatic rings. The summed E-state index contributed by atoms with van der Waals surface area (Å²) in [6.45, 7) is 2.66. The highest BCUT2D eigenvalue weighted by Gasteiger charge is 2.25. The van der Waals surface area contributed by atoms with Gasteiger partial charge in [0.05, 0.1) is 10.7 Å². The summed E-state index contributed by atoms with van der Waals surface area (Å²) < 4.78 is 0. The Hall–Kier alpha value is -2.28. The number of carbonyl (C=O) groups excluding carboxylic acids is 2. The van der Waals surface area contributed by atoms with Gasteiger partial charge in [0.25, 0.3) is 5.91 Å². The molecule has 0 saturated carbocycles. The molecule has 1 fully saturated rings. The lowest BCUT2D eigenvalue weighted by molar-refractivity contribution is 0.0742. The zero-order valence-electron chi connectivity index (χ0n) is 15.4. The van der Waals surface area contributed by atoms with Crippen LogP contribution in [0.15, 0.2) is 48.5 Å². The predicted octanol–water partition coefficient (Wildman–Crippen LogP) is 3.28. The number of benzene rings is 2. The van der Waals surface area contributed by atoms with Crippen molar-refractivity contribution in [2.24, 2.45) is 5.73 Å². The molecule has 3 rings (SSSR count). The molecule has 0 bridgehead atoms. The number of rotatable bonds is 7. The lowest BCUT2D eigenvalue weighted by Gasteiger charge is -2.24. The summed E-state index contributed by atoms with van der Waals surface area (Å²) in [6, 6.07) is 14.7. The molecule has 1 aliphatic heterocycles. The highest BCUT2D eigenvalue weighted by Crippen LogP contribution is 2.29. The fraction of sp³-hybridized carbons (Fsp3) is 0.300. The normalized spacial score (nSPS) is 13.1. The Morgan fingerprint density at radius 1 is 1.21 bits per heavy atom. The number of anilines is 1. The van der Waals surface area contributed by atoms with Crippen molar-refractivity contribution >= 4 is 41.6 Å². The smallest absolute Gasteiger partial charge is 0.322 e. The van der Waals surface area contributed by atoms with Crippen LogP contribution in [0.3, 0.4) is 0 Å². The maximum absolute atomic E-state index is 13.1. The van der Waals surface area contributed by atoms with Gasteiger partial charge in [0.2, 0.25) is 0 Å². The number of nitrogens with one attached hydrogen (secondary N) is 1. The van der Waals surface area contributed by atoms with Crippen molar-refractivity contribution in [2.75, 3.05) is 31.1 Å². The summed E-state index contributed by atoms with van der Waals surface area (Å²) in [4.78, 5) is 28.4. The monoisotopic (exact) mass is 422 g/mol. The van der Waals surface area contributed by atoms with Gasteiger partial charge in [0.15, 0.2) is 0 Å². The molecular formula is C20H24Cl2N4O2. The number of nitrogens with two attached hydrogens (primary N) is 1. The van der Waals surface area contributed by atoms with Crippen LogP contribution < -0.4 is 16.0 Å². The summed E-state index contributed by atoms with van der Waals surface area (Å²) in [5.41, 5.74) is 7.75. The number of hydrogen-bond acceptors (Lipinski definition) is 3. The van der Waals surface area contributed by atoms with Gasteiger partial charge in [0.1, 0.15) is 0 Å². The number of amides is 3. The highest BCUT2D eigenvalue weighted by molar-refractivity contribution is 6.34. The molecule has 2 aromatic carbocycles. The van der Waals surface area contributed by atoms with Crippen LogP contribution in [0, 0.1) is 0 Å². The largest absolute Gasteiger partial charge is 0.336 e. The van der Waals surface area contributed by atoms with Crippen molar-refractivity contribution in [2.45, 2.75) is 13.0 Å². The minimum absolute atomic E-state index is 0. The number of nitrogens with zero attached hydrogens (tertiary/aromatic N) is 2. The molecule has 28 heavy (non-hydrogen) atoms. The van der Waals surface area contributed by atoms with Gasteiger partial charge in [-0.25, -0.2) is 4.79 Å². The van der Waals surface area contributed by atoms with E-state index in [1.54, 1.807) is 28.0 Å². The molecule has 6 nitrogen and oxygen atoms in total. The van der Waals surface area contributed by atoms with Gasteiger partial charge in [0, 0.05) is 31.7 Å². The van der Waals surface area contributed by atoms with Gasteiger partial charge >= 0.3 is 6.03 Å². The second-order valence-electron chi connectivity index (χ2n) is 6.40. The first-order chi connectivity index (χ1) is 13.1. The van der Waals surface area contributed by atoms with Gasteiger partial charge in [-0.2, -0.15) is 0 Å². The molecule has 0 aliphatic carbocycles. The van der Waals surface area contributed by atoms with Crippen LogP contribution in [-0.2, 0) is 6.54 Å². The Morgan fingerprint density at radius 3 is 2.61 bits per heavy atom. The van der Waals surface area contributed by atoms with E-state index in [2.05, 4.69) is 5.32 Å². The standard InChI is InChI=1S/C20H23ClN4O2.ClH/c21-17-8-7-16(13-18(17)25-12-10-23-20(25)27)19(26)24(11-4-9-22)14-15-5-2-1-3-6-15;/h1-3,5-8,13H,4,9-12,14,22H2,(H,23,27);1H. The molecule has 0 unspecified atom stereocenters. The van der Waals surface area contributed by atoms with Gasteiger partial charge in [-0.05, 0) is 36.7 Å². The van der Waals surface area contributed by atoms with E-state index in [0.29, 0.717) is 55.4 Å². The lowest BCUT2D eigenvalue weighted by Crippen LogP contribution is -2.33. The van der Waals surface area contributed by atoms with E-state index in [0.717, 1.165) is 5.56 Å². The Labute approximate surface area is 176 Å². The summed E-state index contributed by atoms with van der Waals surface area (Å²) >= 11 is 6.28. The van der Waals surface area contributed by atoms with Crippen molar-refractivity contribution < 1.29 is 9.59 Å². The van der Waals surface area contributed by atoms with Crippen LogP contribution >= 0.6 is 24.0 Å². The molecule has 0 radical (unpaired) electrons. The topological polar surface area (TPSA) is 78.7 Å². The van der Waals surface area contributed by atoms with Crippen molar-refractivity contribution in [3.8, 4) is 0 Å². The number of carbonyl (C=O) groups is 2. The first kappa shape index (κ1) is 22.0. The maximum Gasteiger partial charge on any atom is 0.322 e. The molecule has 150 valence electrons. The number of hydrogen-bond donors (Lipinski definition) is 2. The van der Waals surface area contributed by atoms with Crippen molar-refractivity contribution in [3.05, 3.63) is 64.7 Å². The zero-order valence-corrected chi connectivity index (χ0v) is 17.0. The number of halogens is 2. The summed E-state index contributed by atoms with van der Waals surface area (Å²) in [5, 5.41) is 3.19. The molecule has 0 spiro atoms. The Morgan fingerprint density at radius 2 is 1.96 bits per heavy atom. The first-order valence-corrected chi connectivity index (χ1v) is 9.36. The van der Waals surface area contributed by atoms with E-state index < -0.39 is 0 Å². The van der Waals surface area contributed by atoms with Crippen LogP contribution in [0.1, 0.15) is 22.3 Å². The molecule has 3 N–H and O–H groups in total. The van der Waals surface area contributed by atoms with E-state index in [4.69, 9.17) is 17.3 Å². The minimum atomic E-state index is -0.203. The van der Waals surface area contributed by atoms with Crippen molar-refractivity contribution in [1.29, 1.82) is 0 Å². The molecule has 0 aromatic heterocycles. The third kappa shape index (κ3) is 5.16. The fourth-order valence-corrected chi connectivity index (χ4v) is 3.29. The quantitative estimate of drug-likeness (QED) is 0.718. The van der Waals surface area contributed by atoms with E-state index in [-0.39, 0.29) is 24.3 Å². The first-order valence-electron chi connectivity index (χ1n) is 8.98. The second kappa shape index (κ2) is 10.3. The van der Waals surface area contributed by atoms with E-state index in [9.17, 15) is 9.59 Å². The van der Waals surface area contributed by atoms with Gasteiger partial charge < -0.3 is 16.0 Å². The van der Waals surface area contributed by atoms with Crippen molar-refractivity contribution in [1.82, 2.24) is 10.2 Å². The number of urea groups is 1. The minimum Gasteiger partial charge on any atom is -0.336 e. The van der Waals surface area contributed by atoms with Crippen LogP contribution in [0.5, 0.6) is 0 Å². The van der Waals surface area contributed by atoms with E-state index >= 15 is 0 Å². The molecular weight excluding hydrogens is 399 g/mol. The zero-order chi connectivity index (χ0) is 19.2. The maximum atomic E-state index is 13.1. The van der Waals surface area contributed by atoms with Crippen LogP contribution in [0.25, 0.3) is 0 Å². The highest BCUT2D eigenvalue weighted by atomic mass is 35.5. The van der Waals surface area contributed by atoms with E-state index in [1.165, 1.54) is 0 Å². The molecule has 1 saturated heterocycles. The van der Waals surface area contributed by atoms with Crippen molar-refractivity contribution in [3.63, 3.8) is 0 Å². The third-order valence-corrected chi connectivity index (χ3v) is 4.80. The summed E-state index contributed by atoms with van der Waals surface area (Å²) in [6.07, 6.45) is 0.716. The Balaban J connectivity index is 0.00000280. The summed E-state index contributed by atoms with van der Waals surface area (Å²) in [5.74, 6) is -0.107. The second-order valence-corrected chi connectivity index (χ2v) is 6.81. The lowest BCUT2D eigenvalue weighted by atomic mass is 10.1. The molecule has 1 heterocycles. The van der Waals surface area contributed by atoms with E-state index in [1.807, 2.05) is 30.3 Å². The average molecular weight is 423 g/mol. The van der Waals surface area contributed by atoms with Crippen LogP contribution in [0.2, 0.25) is 5.02 Å². The Kier molecular flexibility index (Phi) is 8.11. The average Bonchev–Trinajstić information content (AvgIpc) is 3.11. The summed E-state index contributed by atoms with van der Waals surface area (Å²) in [7, 11) is 0. The molecule has 0 atom stereocenters. The molecule has 1 aliphatic rings. The Bertz CT molecular complexity index is 817. The predicted molar refractivity (Wildman–Crippen MR) is 114 cm³/mol.